The van der Waals surface area contributed by atoms with E-state index in [4.69, 9.17) is 4.74 Å². The molecule has 1 aromatic rings. The zero-order valence-corrected chi connectivity index (χ0v) is 12.6. The lowest BCUT2D eigenvalue weighted by Crippen LogP contribution is -2.37. The fraction of sp³-hybridized carbons (Fsp3) is 0.538. The number of likely N-dealkylation sites (N-methyl/N-ethyl adjacent to an activating group) is 1. The fourth-order valence-corrected chi connectivity index (χ4v) is 3.13. The summed E-state index contributed by atoms with van der Waals surface area (Å²) in [5, 5.41) is 9.21. The molecular weight excluding hydrogens is 266 g/mol. The van der Waals surface area contributed by atoms with Crippen LogP contribution in [0.15, 0.2) is 23.1 Å². The largest absolute Gasteiger partial charge is 0.392 e. The zero-order valence-electron chi connectivity index (χ0n) is 11.8. The molecule has 0 saturated heterocycles. The fourth-order valence-electron chi connectivity index (χ4n) is 1.73. The third-order valence-corrected chi connectivity index (χ3v) is 5.16. The van der Waals surface area contributed by atoms with E-state index in [1.54, 1.807) is 19.1 Å². The van der Waals surface area contributed by atoms with Gasteiger partial charge in [0, 0.05) is 20.2 Å². The number of nitrogens with zero attached hydrogens (tertiary/aromatic N) is 1. The van der Waals surface area contributed by atoms with Crippen LogP contribution in [0.4, 0.5) is 0 Å². The predicted octanol–water partition coefficient (Wildman–Crippen LogP) is 1.14. The summed E-state index contributed by atoms with van der Waals surface area (Å²) in [6.07, 6.45) is 0. The highest BCUT2D eigenvalue weighted by molar-refractivity contribution is 7.89. The Morgan fingerprint density at radius 3 is 2.58 bits per heavy atom. The van der Waals surface area contributed by atoms with Gasteiger partial charge >= 0.3 is 0 Å². The highest BCUT2D eigenvalue weighted by Crippen LogP contribution is 2.20. The molecule has 1 unspecified atom stereocenters. The topological polar surface area (TPSA) is 66.8 Å². The number of hydrogen-bond donors (Lipinski definition) is 1. The Morgan fingerprint density at radius 1 is 1.42 bits per heavy atom. The van der Waals surface area contributed by atoms with Gasteiger partial charge in [-0.15, -0.1) is 0 Å². The van der Waals surface area contributed by atoms with E-state index in [1.165, 1.54) is 24.5 Å². The second-order valence-corrected chi connectivity index (χ2v) is 6.57. The van der Waals surface area contributed by atoms with Crippen molar-refractivity contribution in [1.29, 1.82) is 0 Å². The average Bonchev–Trinajstić information content (AvgIpc) is 2.38. The minimum atomic E-state index is -3.57. The maximum Gasteiger partial charge on any atom is 0.243 e. The molecule has 0 heterocycles. The summed E-state index contributed by atoms with van der Waals surface area (Å²) in [5.74, 6) is 0. The van der Waals surface area contributed by atoms with Gasteiger partial charge in [0.1, 0.15) is 0 Å². The first-order chi connectivity index (χ1) is 8.84. The minimum Gasteiger partial charge on any atom is -0.392 e. The van der Waals surface area contributed by atoms with Gasteiger partial charge in [-0.1, -0.05) is 6.07 Å². The van der Waals surface area contributed by atoms with Crippen molar-refractivity contribution in [3.8, 4) is 0 Å². The van der Waals surface area contributed by atoms with E-state index in [2.05, 4.69) is 0 Å². The Morgan fingerprint density at radius 2 is 2.05 bits per heavy atom. The van der Waals surface area contributed by atoms with Crippen molar-refractivity contribution >= 4 is 10.0 Å². The third kappa shape index (κ3) is 3.54. The van der Waals surface area contributed by atoms with Gasteiger partial charge in [-0.2, -0.15) is 4.31 Å². The molecule has 1 aromatic carbocycles. The zero-order chi connectivity index (χ0) is 14.6. The second-order valence-electron chi connectivity index (χ2n) is 4.57. The van der Waals surface area contributed by atoms with Crippen LogP contribution in [-0.2, 0) is 21.4 Å². The normalized spacial score (nSPS) is 13.8. The SMILES string of the molecule is COCC(C)N(C)S(=O)(=O)c1ccc(C)c(CO)c1. The van der Waals surface area contributed by atoms with Gasteiger partial charge < -0.3 is 9.84 Å². The van der Waals surface area contributed by atoms with Crippen LogP contribution in [0.25, 0.3) is 0 Å². The van der Waals surface area contributed by atoms with Crippen LogP contribution < -0.4 is 0 Å². The molecule has 1 rings (SSSR count). The van der Waals surface area contributed by atoms with Crippen LogP contribution in [0, 0.1) is 6.92 Å². The summed E-state index contributed by atoms with van der Waals surface area (Å²) in [6, 6.07) is 4.52. The number of ether oxygens (including phenoxy) is 1. The van der Waals surface area contributed by atoms with Crippen molar-refractivity contribution in [3.63, 3.8) is 0 Å². The molecule has 0 aliphatic carbocycles. The van der Waals surface area contributed by atoms with Gasteiger partial charge in [-0.3, -0.25) is 0 Å². The van der Waals surface area contributed by atoms with E-state index in [-0.39, 0.29) is 17.5 Å². The van der Waals surface area contributed by atoms with Crippen molar-refractivity contribution in [3.05, 3.63) is 29.3 Å². The molecule has 1 atom stereocenters. The van der Waals surface area contributed by atoms with E-state index in [0.717, 1.165) is 5.56 Å². The van der Waals surface area contributed by atoms with Crippen LogP contribution in [0.2, 0.25) is 0 Å². The summed E-state index contributed by atoms with van der Waals surface area (Å²) >= 11 is 0. The summed E-state index contributed by atoms with van der Waals surface area (Å²) in [5.41, 5.74) is 1.49. The van der Waals surface area contributed by atoms with E-state index >= 15 is 0 Å². The first-order valence-corrected chi connectivity index (χ1v) is 7.46. The number of rotatable bonds is 6. The molecule has 0 radical (unpaired) electrons. The monoisotopic (exact) mass is 287 g/mol. The standard InChI is InChI=1S/C13H21NO4S/c1-10-5-6-13(7-12(10)8-15)19(16,17)14(3)11(2)9-18-4/h5-7,11,15H,8-9H2,1-4H3. The molecule has 19 heavy (non-hydrogen) atoms. The molecule has 0 amide bonds. The molecule has 0 fully saturated rings. The van der Waals surface area contributed by atoms with Gasteiger partial charge in [-0.25, -0.2) is 8.42 Å². The Labute approximate surface area is 114 Å². The van der Waals surface area contributed by atoms with E-state index < -0.39 is 10.0 Å². The van der Waals surface area contributed by atoms with Gasteiger partial charge in [0.05, 0.1) is 18.1 Å². The number of hydrogen-bond acceptors (Lipinski definition) is 4. The lowest BCUT2D eigenvalue weighted by Gasteiger charge is -2.24. The van der Waals surface area contributed by atoms with Crippen LogP contribution in [0.5, 0.6) is 0 Å². The molecule has 6 heteroatoms. The van der Waals surface area contributed by atoms with Crippen molar-refractivity contribution < 1.29 is 18.3 Å². The number of aliphatic hydroxyl groups excluding tert-OH is 1. The molecule has 0 aliphatic heterocycles. The van der Waals surface area contributed by atoms with Gasteiger partial charge in [0.25, 0.3) is 0 Å². The molecular formula is C13H21NO4S. The summed E-state index contributed by atoms with van der Waals surface area (Å²) in [6.45, 7) is 3.77. The van der Waals surface area contributed by atoms with Gasteiger partial charge in [0.2, 0.25) is 10.0 Å². The van der Waals surface area contributed by atoms with Crippen molar-refractivity contribution in [2.24, 2.45) is 0 Å². The average molecular weight is 287 g/mol. The summed E-state index contributed by atoms with van der Waals surface area (Å²) in [4.78, 5) is 0.188. The lowest BCUT2D eigenvalue weighted by atomic mass is 10.1. The van der Waals surface area contributed by atoms with Crippen LogP contribution in [0.1, 0.15) is 18.1 Å². The second kappa shape index (κ2) is 6.47. The van der Waals surface area contributed by atoms with Crippen LogP contribution >= 0.6 is 0 Å². The number of aryl methyl sites for hydroxylation is 1. The van der Waals surface area contributed by atoms with Crippen molar-refractivity contribution in [1.82, 2.24) is 4.31 Å². The Hall–Kier alpha value is -0.950. The summed E-state index contributed by atoms with van der Waals surface area (Å²) < 4.78 is 31.1. The van der Waals surface area contributed by atoms with E-state index in [1.807, 2.05) is 6.92 Å². The van der Waals surface area contributed by atoms with Gasteiger partial charge in [0.15, 0.2) is 0 Å². The molecule has 0 spiro atoms. The van der Waals surface area contributed by atoms with Crippen LogP contribution in [0.3, 0.4) is 0 Å². The number of aliphatic hydroxyl groups is 1. The maximum absolute atomic E-state index is 12.4. The summed E-state index contributed by atoms with van der Waals surface area (Å²) in [7, 11) is -0.508. The van der Waals surface area contributed by atoms with Crippen molar-refractivity contribution in [2.45, 2.75) is 31.4 Å². The number of benzene rings is 1. The van der Waals surface area contributed by atoms with Gasteiger partial charge in [-0.05, 0) is 37.1 Å². The molecule has 108 valence electrons. The van der Waals surface area contributed by atoms with E-state index in [0.29, 0.717) is 12.2 Å². The molecule has 0 aliphatic rings. The Bertz CT molecular complexity index is 527. The van der Waals surface area contributed by atoms with Crippen LogP contribution in [-0.4, -0.2) is 44.6 Å². The number of sulfonamides is 1. The van der Waals surface area contributed by atoms with Crippen molar-refractivity contribution in [2.75, 3.05) is 20.8 Å². The van der Waals surface area contributed by atoms with E-state index in [9.17, 15) is 13.5 Å². The quantitative estimate of drug-likeness (QED) is 0.852. The Balaban J connectivity index is 3.13. The highest BCUT2D eigenvalue weighted by atomic mass is 32.2. The number of methoxy groups -OCH3 is 1. The highest BCUT2D eigenvalue weighted by Gasteiger charge is 2.25. The minimum absolute atomic E-state index is 0.174. The first kappa shape index (κ1) is 16.1. The molecule has 1 N–H and O–H groups in total. The lowest BCUT2D eigenvalue weighted by molar-refractivity contribution is 0.149. The maximum atomic E-state index is 12.4. The smallest absolute Gasteiger partial charge is 0.243 e. The Kier molecular flexibility index (Phi) is 5.49. The molecule has 0 aromatic heterocycles. The molecule has 0 bridgehead atoms. The predicted molar refractivity (Wildman–Crippen MR) is 73.4 cm³/mol. The third-order valence-electron chi connectivity index (χ3n) is 3.20. The first-order valence-electron chi connectivity index (χ1n) is 6.02. The molecule has 5 nitrogen and oxygen atoms in total. The molecule has 0 saturated carbocycles.